The van der Waals surface area contributed by atoms with Crippen LogP contribution in [0.5, 0.6) is 5.75 Å². The van der Waals surface area contributed by atoms with E-state index in [2.05, 4.69) is 0 Å². The van der Waals surface area contributed by atoms with Crippen molar-refractivity contribution in [1.29, 1.82) is 5.26 Å². The van der Waals surface area contributed by atoms with Crippen LogP contribution in [0.2, 0.25) is 10.0 Å². The zero-order chi connectivity index (χ0) is 13.0. The molecule has 0 aliphatic carbocycles. The normalized spacial score (nSPS) is 9.83. The van der Waals surface area contributed by atoms with Crippen molar-refractivity contribution in [2.24, 2.45) is 0 Å². The summed E-state index contributed by atoms with van der Waals surface area (Å²) in [5.74, 6) is 0.722. The van der Waals surface area contributed by atoms with Gasteiger partial charge in [-0.05, 0) is 36.4 Å². The number of benzene rings is 2. The van der Waals surface area contributed by atoms with E-state index in [0.29, 0.717) is 22.2 Å². The Labute approximate surface area is 115 Å². The first-order valence-corrected chi connectivity index (χ1v) is 6.01. The summed E-state index contributed by atoms with van der Waals surface area (Å²) in [6.45, 7) is 0.353. The Balaban J connectivity index is 2.06. The van der Waals surface area contributed by atoms with Crippen LogP contribution in [0.4, 0.5) is 0 Å². The molecule has 0 unspecified atom stereocenters. The fourth-order valence-corrected chi connectivity index (χ4v) is 1.79. The second kappa shape index (κ2) is 5.77. The van der Waals surface area contributed by atoms with E-state index in [1.165, 1.54) is 0 Å². The second-order valence-electron chi connectivity index (χ2n) is 3.66. The first-order chi connectivity index (χ1) is 8.69. The van der Waals surface area contributed by atoms with Gasteiger partial charge in [0.05, 0.1) is 11.6 Å². The molecule has 0 aromatic heterocycles. The highest BCUT2D eigenvalue weighted by molar-refractivity contribution is 6.31. The third kappa shape index (κ3) is 3.16. The van der Waals surface area contributed by atoms with Gasteiger partial charge in [0.1, 0.15) is 12.4 Å². The largest absolute Gasteiger partial charge is 0.489 e. The lowest BCUT2D eigenvalue weighted by Gasteiger charge is -2.08. The van der Waals surface area contributed by atoms with Gasteiger partial charge in [-0.2, -0.15) is 5.26 Å². The fourth-order valence-electron chi connectivity index (χ4n) is 1.43. The van der Waals surface area contributed by atoms with E-state index in [4.69, 9.17) is 33.2 Å². The first kappa shape index (κ1) is 12.8. The molecule has 2 aromatic carbocycles. The standard InChI is InChI=1S/C14H9Cl2NO/c15-12-3-5-13(6-4-12)18-9-11-2-1-10(8-17)7-14(11)16/h1-7H,9H2. The van der Waals surface area contributed by atoms with Crippen LogP contribution in [0.15, 0.2) is 42.5 Å². The molecule has 0 heterocycles. The molecular weight excluding hydrogens is 269 g/mol. The van der Waals surface area contributed by atoms with E-state index < -0.39 is 0 Å². The molecule has 0 amide bonds. The average Bonchev–Trinajstić information content (AvgIpc) is 2.39. The zero-order valence-corrected chi connectivity index (χ0v) is 10.9. The maximum atomic E-state index is 8.73. The highest BCUT2D eigenvalue weighted by Crippen LogP contribution is 2.21. The van der Waals surface area contributed by atoms with Crippen LogP contribution in [0.1, 0.15) is 11.1 Å². The Bertz CT molecular complexity index is 588. The molecule has 0 saturated carbocycles. The summed E-state index contributed by atoms with van der Waals surface area (Å²) in [4.78, 5) is 0. The minimum atomic E-state index is 0.353. The van der Waals surface area contributed by atoms with E-state index >= 15 is 0 Å². The Morgan fingerprint density at radius 2 is 1.78 bits per heavy atom. The lowest BCUT2D eigenvalue weighted by molar-refractivity contribution is 0.306. The molecule has 2 aromatic rings. The molecule has 0 radical (unpaired) electrons. The van der Waals surface area contributed by atoms with Crippen molar-refractivity contribution < 1.29 is 4.74 Å². The minimum absolute atomic E-state index is 0.353. The molecule has 0 fully saturated rings. The molecule has 0 N–H and O–H groups in total. The molecule has 0 atom stereocenters. The Hall–Kier alpha value is -1.69. The van der Waals surface area contributed by atoms with Gasteiger partial charge in [0.2, 0.25) is 0 Å². The summed E-state index contributed by atoms with van der Waals surface area (Å²) < 4.78 is 5.58. The Kier molecular flexibility index (Phi) is 4.09. The van der Waals surface area contributed by atoms with Crippen molar-refractivity contribution >= 4 is 23.2 Å². The van der Waals surface area contributed by atoms with Crippen LogP contribution in [0.3, 0.4) is 0 Å². The van der Waals surface area contributed by atoms with E-state index in [9.17, 15) is 0 Å². The number of hydrogen-bond donors (Lipinski definition) is 0. The highest BCUT2D eigenvalue weighted by atomic mass is 35.5. The van der Waals surface area contributed by atoms with Crippen LogP contribution in [0, 0.1) is 11.3 Å². The highest BCUT2D eigenvalue weighted by Gasteiger charge is 2.03. The maximum absolute atomic E-state index is 8.73. The predicted molar refractivity (Wildman–Crippen MR) is 72.0 cm³/mol. The molecule has 2 nitrogen and oxygen atoms in total. The maximum Gasteiger partial charge on any atom is 0.119 e. The van der Waals surface area contributed by atoms with E-state index in [1.54, 1.807) is 42.5 Å². The molecule has 0 bridgehead atoms. The van der Waals surface area contributed by atoms with Gasteiger partial charge in [-0.25, -0.2) is 0 Å². The number of ether oxygens (including phenoxy) is 1. The van der Waals surface area contributed by atoms with Gasteiger partial charge in [-0.15, -0.1) is 0 Å². The topological polar surface area (TPSA) is 33.0 Å². The summed E-state index contributed by atoms with van der Waals surface area (Å²) in [7, 11) is 0. The smallest absolute Gasteiger partial charge is 0.119 e. The van der Waals surface area contributed by atoms with Gasteiger partial charge >= 0.3 is 0 Å². The van der Waals surface area contributed by atoms with Gasteiger partial charge < -0.3 is 4.74 Å². The number of rotatable bonds is 3. The third-order valence-corrected chi connectivity index (χ3v) is 2.99. The molecule has 0 saturated heterocycles. The summed E-state index contributed by atoms with van der Waals surface area (Å²) >= 11 is 11.8. The van der Waals surface area contributed by atoms with Crippen LogP contribution in [-0.2, 0) is 6.61 Å². The first-order valence-electron chi connectivity index (χ1n) is 5.26. The van der Waals surface area contributed by atoms with Gasteiger partial charge in [-0.3, -0.25) is 0 Å². The average molecular weight is 278 g/mol. The number of nitrogens with zero attached hydrogens (tertiary/aromatic N) is 1. The van der Waals surface area contributed by atoms with Crippen LogP contribution in [0.25, 0.3) is 0 Å². The van der Waals surface area contributed by atoms with Crippen molar-refractivity contribution in [2.75, 3.05) is 0 Å². The summed E-state index contributed by atoms with van der Waals surface area (Å²) in [5.41, 5.74) is 1.38. The van der Waals surface area contributed by atoms with E-state index in [0.717, 1.165) is 11.3 Å². The number of nitriles is 1. The molecule has 90 valence electrons. The number of hydrogen-bond acceptors (Lipinski definition) is 2. The van der Waals surface area contributed by atoms with Crippen LogP contribution < -0.4 is 4.74 Å². The Morgan fingerprint density at radius 1 is 1.06 bits per heavy atom. The molecule has 4 heteroatoms. The van der Waals surface area contributed by atoms with Crippen LogP contribution in [-0.4, -0.2) is 0 Å². The summed E-state index contributed by atoms with van der Waals surface area (Å²) in [6.07, 6.45) is 0. The van der Waals surface area contributed by atoms with E-state index in [1.807, 2.05) is 6.07 Å². The molecule has 0 aliphatic heterocycles. The predicted octanol–water partition coefficient (Wildman–Crippen LogP) is 4.44. The Morgan fingerprint density at radius 3 is 2.39 bits per heavy atom. The lowest BCUT2D eigenvalue weighted by Crippen LogP contribution is -1.96. The van der Waals surface area contributed by atoms with Gasteiger partial charge in [0.25, 0.3) is 0 Å². The van der Waals surface area contributed by atoms with Crippen molar-refractivity contribution in [3.8, 4) is 11.8 Å². The lowest BCUT2D eigenvalue weighted by atomic mass is 10.1. The molecule has 18 heavy (non-hydrogen) atoms. The van der Waals surface area contributed by atoms with Crippen molar-refractivity contribution in [1.82, 2.24) is 0 Å². The number of halogens is 2. The van der Waals surface area contributed by atoms with Crippen molar-refractivity contribution in [3.63, 3.8) is 0 Å². The molecule has 0 aliphatic rings. The van der Waals surface area contributed by atoms with Crippen LogP contribution >= 0.6 is 23.2 Å². The molecule has 2 rings (SSSR count). The van der Waals surface area contributed by atoms with Gasteiger partial charge in [-0.1, -0.05) is 29.3 Å². The second-order valence-corrected chi connectivity index (χ2v) is 4.50. The van der Waals surface area contributed by atoms with E-state index in [-0.39, 0.29) is 0 Å². The van der Waals surface area contributed by atoms with Gasteiger partial charge in [0.15, 0.2) is 0 Å². The molecule has 0 spiro atoms. The fraction of sp³-hybridized carbons (Fsp3) is 0.0714. The zero-order valence-electron chi connectivity index (χ0n) is 9.36. The summed E-state index contributed by atoms with van der Waals surface area (Å²) in [5, 5.41) is 9.93. The van der Waals surface area contributed by atoms with Crippen molar-refractivity contribution in [2.45, 2.75) is 6.61 Å². The monoisotopic (exact) mass is 277 g/mol. The minimum Gasteiger partial charge on any atom is -0.489 e. The molecular formula is C14H9Cl2NO. The van der Waals surface area contributed by atoms with Crippen molar-refractivity contribution in [3.05, 3.63) is 63.6 Å². The quantitative estimate of drug-likeness (QED) is 0.831. The van der Waals surface area contributed by atoms with Gasteiger partial charge in [0, 0.05) is 15.6 Å². The SMILES string of the molecule is N#Cc1ccc(COc2ccc(Cl)cc2)c(Cl)c1. The summed E-state index contributed by atoms with van der Waals surface area (Å²) in [6, 6.07) is 14.3. The third-order valence-electron chi connectivity index (χ3n) is 2.39.